The molecule has 79 heavy (non-hydrogen) atoms. The molecule has 36 nitrogen and oxygen atoms in total. The zero-order chi connectivity index (χ0) is 58.1. The quantitative estimate of drug-likeness (QED) is 0.0538. The number of methoxy groups -OCH3 is 1. The average Bonchev–Trinajstić information content (AvgIpc) is 3.49. The highest BCUT2D eigenvalue weighted by Gasteiger charge is 2.56. The second kappa shape index (κ2) is 28.2. The van der Waals surface area contributed by atoms with E-state index in [4.69, 9.17) is 66.3 Å². The molecule has 0 radical (unpaired) electrons. The van der Waals surface area contributed by atoms with E-state index in [1.807, 2.05) is 0 Å². The average molecular weight is 1170 g/mol. The number of ether oxygens (including phenoxy) is 14. The van der Waals surface area contributed by atoms with E-state index < -0.39 is 261 Å². The molecule has 7 aliphatic rings. The van der Waals surface area contributed by atoms with Crippen molar-refractivity contribution in [1.82, 2.24) is 0 Å². The van der Waals surface area contributed by atoms with Crippen LogP contribution in [-0.4, -0.2) is 381 Å². The molecule has 0 aromatic heterocycles. The molecule has 0 aromatic rings. The molecule has 462 valence electrons. The van der Waals surface area contributed by atoms with Crippen LogP contribution in [0, 0.1) is 0 Å². The Morgan fingerprint density at radius 1 is 0.241 bits per heavy atom. The van der Waals surface area contributed by atoms with Gasteiger partial charge in [-0.1, -0.05) is 0 Å². The lowest BCUT2D eigenvalue weighted by molar-refractivity contribution is -0.375. The summed E-state index contributed by atoms with van der Waals surface area (Å²) in [5.41, 5.74) is 0. The Morgan fingerprint density at radius 2 is 0.456 bits per heavy atom. The van der Waals surface area contributed by atoms with Gasteiger partial charge in [-0.25, -0.2) is 0 Å². The maximum atomic E-state index is 11.6. The Labute approximate surface area is 446 Å². The normalized spacial score (nSPS) is 53.0. The monoisotopic (exact) mass is 1170 g/mol. The number of hydrogen-bond donors (Lipinski definition) is 22. The van der Waals surface area contributed by atoms with E-state index in [1.54, 1.807) is 0 Å². The van der Waals surface area contributed by atoms with Gasteiger partial charge in [-0.15, -0.1) is 0 Å². The highest BCUT2D eigenvalue weighted by atomic mass is 16.8. The van der Waals surface area contributed by atoms with Crippen LogP contribution in [0.2, 0.25) is 0 Å². The molecule has 0 spiro atoms. The van der Waals surface area contributed by atoms with Gasteiger partial charge < -0.3 is 179 Å². The minimum atomic E-state index is -2.16. The second-order valence-electron chi connectivity index (χ2n) is 19.9. The van der Waals surface area contributed by atoms with Crippen LogP contribution < -0.4 is 0 Å². The predicted octanol–water partition coefficient (Wildman–Crippen LogP) is -15.6. The summed E-state index contributed by atoms with van der Waals surface area (Å²) in [5.74, 6) is 0. The first-order valence-electron chi connectivity index (χ1n) is 25.0. The predicted molar refractivity (Wildman–Crippen MR) is 237 cm³/mol. The summed E-state index contributed by atoms with van der Waals surface area (Å²) in [6.45, 7) is -6.12. The van der Waals surface area contributed by atoms with Crippen molar-refractivity contribution in [3.05, 3.63) is 0 Å². The molecule has 0 amide bonds. The summed E-state index contributed by atoms with van der Waals surface area (Å²) in [6, 6.07) is 0. The van der Waals surface area contributed by atoms with Gasteiger partial charge in [0.1, 0.15) is 171 Å². The molecule has 36 heteroatoms. The van der Waals surface area contributed by atoms with Crippen LogP contribution in [-0.2, 0) is 66.3 Å². The minimum absolute atomic E-state index is 0.746. The van der Waals surface area contributed by atoms with Crippen LogP contribution in [0.3, 0.4) is 0 Å². The summed E-state index contributed by atoms with van der Waals surface area (Å²) in [7, 11) is 1.12. The molecule has 0 unspecified atom stereocenters. The zero-order valence-electron chi connectivity index (χ0n) is 41.7. The summed E-state index contributed by atoms with van der Waals surface area (Å²) >= 11 is 0. The minimum Gasteiger partial charge on any atom is -0.394 e. The van der Waals surface area contributed by atoms with Crippen LogP contribution in [0.25, 0.3) is 0 Å². The number of aliphatic hydroxyl groups is 22. The fourth-order valence-corrected chi connectivity index (χ4v) is 9.75. The van der Waals surface area contributed by atoms with Crippen LogP contribution >= 0.6 is 0 Å². The van der Waals surface area contributed by atoms with E-state index >= 15 is 0 Å². The zero-order valence-corrected chi connectivity index (χ0v) is 41.7. The lowest BCUT2D eigenvalue weighted by Crippen LogP contribution is -2.66. The van der Waals surface area contributed by atoms with E-state index in [0.717, 1.165) is 7.11 Å². The third kappa shape index (κ3) is 14.0. The van der Waals surface area contributed by atoms with Gasteiger partial charge in [0.05, 0.1) is 46.2 Å². The Hall–Kier alpha value is -1.44. The first-order chi connectivity index (χ1) is 37.4. The van der Waals surface area contributed by atoms with Crippen LogP contribution in [0.4, 0.5) is 0 Å². The summed E-state index contributed by atoms with van der Waals surface area (Å²) < 4.78 is 77.9. The summed E-state index contributed by atoms with van der Waals surface area (Å²) in [6.07, 6.45) is -66.0. The van der Waals surface area contributed by atoms with Crippen LogP contribution in [0.15, 0.2) is 0 Å². The van der Waals surface area contributed by atoms with Crippen molar-refractivity contribution in [2.75, 3.05) is 53.4 Å². The van der Waals surface area contributed by atoms with Crippen molar-refractivity contribution < 1.29 is 179 Å². The van der Waals surface area contributed by atoms with Gasteiger partial charge in [-0.3, -0.25) is 0 Å². The van der Waals surface area contributed by atoms with E-state index in [-0.39, 0.29) is 0 Å². The van der Waals surface area contributed by atoms with Crippen molar-refractivity contribution in [2.45, 2.75) is 215 Å². The molecule has 22 N–H and O–H groups in total. The van der Waals surface area contributed by atoms with E-state index in [0.29, 0.717) is 0 Å². The topological polar surface area (TPSA) is 574 Å². The molecule has 7 fully saturated rings. The van der Waals surface area contributed by atoms with Gasteiger partial charge >= 0.3 is 0 Å². The standard InChI is InChI=1S/C43H74O36/c1-66-37-28(59)26(57)19(50)12(74-37)5-69-40-33(64)36(79-43-32(63)25(56)18(49)11(4-46)73-43)22(53)15(77-40)8-68-39-30(61)27(58)20(51)13(75-39)6-70-41-34(65)35(78-42-31(62)24(55)17(48)10(3-45)72-42)21(52)14(76-41)7-67-38-29(60)23(54)16(47)9(2-44)71-38/h9-65H,2-8H2,1H3/t9-,10-,11-,12-,13-,14-,15-,16-,17-,18-,19-,20-,21-,22-,23+,24+,25+,26+,27+,28-,29-,30-,31-,32-,33-,34-,35+,36+,37-,38-,39-,40-,41-,42+,43+/m1/s1. The Bertz CT molecular complexity index is 1700. The SMILES string of the molecule is CO[C@@H]1O[C@H](CO[C@@H]2O[C@H](CO[C@@H]3O[C@H](CO[C@@H]4O[C@H](CO[C@@H]5O[C@H](CO)[C@@H](O)[C@H](O)[C@H]5O)[C@@H](O)[C@H](O[C@@H]5O[C@H](CO)[C@@H](O)[C@H](O)[C@H]5O)[C@H]4O)[C@@H](O)[C@H](O)[C@H]3O)[C@@H](O)[C@H](O[C@@H]3O[C@H](CO)[C@@H](O)[C@H](O)[C@H]3O)[C@H]2O)[C@@H](O)[C@H](O)[C@H]1O. The Balaban J connectivity index is 1.06. The lowest BCUT2D eigenvalue weighted by Gasteiger charge is -2.47. The van der Waals surface area contributed by atoms with Crippen molar-refractivity contribution in [3.63, 3.8) is 0 Å². The van der Waals surface area contributed by atoms with Crippen LogP contribution in [0.5, 0.6) is 0 Å². The third-order valence-electron chi connectivity index (χ3n) is 14.7. The summed E-state index contributed by atoms with van der Waals surface area (Å²) in [5, 5.41) is 233. The van der Waals surface area contributed by atoms with Crippen molar-refractivity contribution in [1.29, 1.82) is 0 Å². The molecule has 7 rings (SSSR count). The second-order valence-corrected chi connectivity index (χ2v) is 19.9. The van der Waals surface area contributed by atoms with Crippen molar-refractivity contribution in [2.24, 2.45) is 0 Å². The molecule has 7 saturated heterocycles. The van der Waals surface area contributed by atoms with Gasteiger partial charge in [-0.2, -0.15) is 0 Å². The Morgan fingerprint density at radius 3 is 0.747 bits per heavy atom. The Kier molecular flexibility index (Phi) is 23.2. The maximum Gasteiger partial charge on any atom is 0.187 e. The number of hydrogen-bond acceptors (Lipinski definition) is 36. The summed E-state index contributed by atoms with van der Waals surface area (Å²) in [4.78, 5) is 0. The van der Waals surface area contributed by atoms with Gasteiger partial charge in [0.2, 0.25) is 0 Å². The molecule has 0 aromatic carbocycles. The molecule has 0 bridgehead atoms. The lowest BCUT2D eigenvalue weighted by atomic mass is 9.96. The van der Waals surface area contributed by atoms with Gasteiger partial charge in [0, 0.05) is 7.11 Å². The van der Waals surface area contributed by atoms with Gasteiger partial charge in [-0.05, 0) is 0 Å². The third-order valence-corrected chi connectivity index (χ3v) is 14.7. The highest BCUT2D eigenvalue weighted by Crippen LogP contribution is 2.35. The fraction of sp³-hybridized carbons (Fsp3) is 1.00. The molecule has 35 atom stereocenters. The van der Waals surface area contributed by atoms with Crippen LogP contribution in [0.1, 0.15) is 0 Å². The fourth-order valence-electron chi connectivity index (χ4n) is 9.75. The first kappa shape index (κ1) is 65.1. The smallest absolute Gasteiger partial charge is 0.187 e. The molecule has 7 heterocycles. The van der Waals surface area contributed by atoms with Crippen molar-refractivity contribution in [3.8, 4) is 0 Å². The molecular formula is C43H74O36. The van der Waals surface area contributed by atoms with Crippen molar-refractivity contribution >= 4 is 0 Å². The van der Waals surface area contributed by atoms with Gasteiger partial charge in [0.25, 0.3) is 0 Å². The molecular weight excluding hydrogens is 1090 g/mol. The van der Waals surface area contributed by atoms with E-state index in [9.17, 15) is 112 Å². The van der Waals surface area contributed by atoms with E-state index in [1.165, 1.54) is 0 Å². The van der Waals surface area contributed by atoms with E-state index in [2.05, 4.69) is 0 Å². The maximum absolute atomic E-state index is 11.6. The molecule has 0 aliphatic carbocycles. The number of aliphatic hydroxyl groups excluding tert-OH is 22. The number of rotatable bonds is 20. The largest absolute Gasteiger partial charge is 0.394 e. The van der Waals surface area contributed by atoms with Gasteiger partial charge in [0.15, 0.2) is 44.0 Å². The molecule has 7 aliphatic heterocycles. The first-order valence-corrected chi connectivity index (χ1v) is 25.0. The molecule has 0 saturated carbocycles. The highest BCUT2D eigenvalue weighted by molar-refractivity contribution is 4.99.